The second-order valence-electron chi connectivity index (χ2n) is 8.53. The molecular formula is C25H29N5O3S. The molecule has 9 heteroatoms. The second-order valence-corrected chi connectivity index (χ2v) is 10.1. The third-order valence-electron chi connectivity index (χ3n) is 6.03. The van der Waals surface area contributed by atoms with Crippen LogP contribution in [-0.4, -0.2) is 48.2 Å². The molecular weight excluding hydrogens is 450 g/mol. The molecule has 1 aromatic carbocycles. The van der Waals surface area contributed by atoms with Gasteiger partial charge in [-0.2, -0.15) is 8.42 Å². The lowest BCUT2D eigenvalue weighted by atomic mass is 10.2. The molecule has 0 radical (unpaired) electrons. The summed E-state index contributed by atoms with van der Waals surface area (Å²) in [6.07, 6.45) is 7.09. The van der Waals surface area contributed by atoms with Crippen molar-refractivity contribution < 1.29 is 13.2 Å². The Balaban J connectivity index is 1.58. The number of nitrogens with one attached hydrogen (secondary N) is 1. The Morgan fingerprint density at radius 2 is 1.91 bits per heavy atom. The highest BCUT2D eigenvalue weighted by atomic mass is 32.2. The van der Waals surface area contributed by atoms with E-state index in [4.69, 9.17) is 0 Å². The number of benzene rings is 1. The first-order chi connectivity index (χ1) is 16.3. The second kappa shape index (κ2) is 9.80. The molecule has 0 unspecified atom stereocenters. The maximum Gasteiger partial charge on any atom is 0.284 e. The van der Waals surface area contributed by atoms with E-state index in [-0.39, 0.29) is 10.8 Å². The molecule has 1 aliphatic heterocycles. The van der Waals surface area contributed by atoms with Gasteiger partial charge < -0.3 is 14.8 Å². The number of pyridine rings is 1. The highest BCUT2D eigenvalue weighted by molar-refractivity contribution is 7.90. The maximum atomic E-state index is 13.1. The van der Waals surface area contributed by atoms with Gasteiger partial charge >= 0.3 is 0 Å². The summed E-state index contributed by atoms with van der Waals surface area (Å²) >= 11 is 0. The van der Waals surface area contributed by atoms with Gasteiger partial charge in [-0.05, 0) is 63.1 Å². The molecule has 34 heavy (non-hydrogen) atoms. The normalized spacial score (nSPS) is 15.9. The first kappa shape index (κ1) is 23.7. The van der Waals surface area contributed by atoms with Crippen LogP contribution in [0.2, 0.25) is 0 Å². The van der Waals surface area contributed by atoms with E-state index in [1.807, 2.05) is 48.6 Å². The summed E-state index contributed by atoms with van der Waals surface area (Å²) in [5.74, 6) is 0.266. The van der Waals surface area contributed by atoms with Gasteiger partial charge in [0.25, 0.3) is 15.9 Å². The molecule has 1 N–H and O–H groups in total. The van der Waals surface area contributed by atoms with Crippen LogP contribution in [0.15, 0.2) is 64.2 Å². The number of aryl methyl sites for hydroxylation is 1. The summed E-state index contributed by atoms with van der Waals surface area (Å²) < 4.78 is 32.1. The first-order valence-corrected chi connectivity index (χ1v) is 12.8. The molecule has 0 atom stereocenters. The van der Waals surface area contributed by atoms with E-state index in [0.717, 1.165) is 42.9 Å². The molecule has 1 fully saturated rings. The lowest BCUT2D eigenvalue weighted by Gasteiger charge is -2.17. The Labute approximate surface area is 200 Å². The molecule has 4 rings (SSSR count). The Hall–Kier alpha value is -3.46. The monoisotopic (exact) mass is 479 g/mol. The van der Waals surface area contributed by atoms with E-state index >= 15 is 0 Å². The summed E-state index contributed by atoms with van der Waals surface area (Å²) in [6.45, 7) is 4.59. The van der Waals surface area contributed by atoms with E-state index in [9.17, 15) is 13.2 Å². The summed E-state index contributed by atoms with van der Waals surface area (Å²) in [5.41, 5.74) is 3.44. The van der Waals surface area contributed by atoms with Crippen LogP contribution in [0.1, 0.15) is 47.4 Å². The van der Waals surface area contributed by atoms with Crippen molar-refractivity contribution in [2.24, 2.45) is 4.40 Å². The van der Waals surface area contributed by atoms with Crippen molar-refractivity contribution in [1.29, 1.82) is 0 Å². The molecule has 1 amide bonds. The average molecular weight is 480 g/mol. The van der Waals surface area contributed by atoms with Crippen LogP contribution < -0.4 is 5.32 Å². The van der Waals surface area contributed by atoms with Crippen molar-refractivity contribution in [3.63, 3.8) is 0 Å². The molecule has 8 nitrogen and oxygen atoms in total. The van der Waals surface area contributed by atoms with Crippen LogP contribution in [-0.2, 0) is 10.0 Å². The SMILES string of the molecule is Cc1cc(C(=O)Nc2cccc(S(=O)(=O)/N=C3\CCCCCN3C)c2)c(C)n1-c1cccnc1. The largest absolute Gasteiger partial charge is 0.362 e. The number of anilines is 1. The minimum absolute atomic E-state index is 0.0521. The number of rotatable bonds is 5. The maximum absolute atomic E-state index is 13.1. The molecule has 1 aliphatic rings. The fourth-order valence-electron chi connectivity index (χ4n) is 4.24. The number of nitrogens with zero attached hydrogens (tertiary/aromatic N) is 4. The van der Waals surface area contributed by atoms with E-state index in [0.29, 0.717) is 23.5 Å². The molecule has 2 aromatic heterocycles. The van der Waals surface area contributed by atoms with E-state index in [1.165, 1.54) is 12.1 Å². The van der Waals surface area contributed by atoms with Crippen molar-refractivity contribution in [2.45, 2.75) is 44.4 Å². The zero-order valence-electron chi connectivity index (χ0n) is 19.7. The van der Waals surface area contributed by atoms with Crippen molar-refractivity contribution in [3.05, 3.63) is 71.8 Å². The van der Waals surface area contributed by atoms with E-state index in [2.05, 4.69) is 14.7 Å². The fourth-order valence-corrected chi connectivity index (χ4v) is 5.38. The predicted molar refractivity (Wildman–Crippen MR) is 133 cm³/mol. The van der Waals surface area contributed by atoms with Crippen LogP contribution in [0, 0.1) is 13.8 Å². The van der Waals surface area contributed by atoms with E-state index in [1.54, 1.807) is 24.5 Å². The third-order valence-corrected chi connectivity index (χ3v) is 7.33. The summed E-state index contributed by atoms with van der Waals surface area (Å²) in [5, 5.41) is 2.83. The number of carbonyl (C=O) groups is 1. The third kappa shape index (κ3) is 5.04. The molecule has 0 saturated carbocycles. The smallest absolute Gasteiger partial charge is 0.284 e. The van der Waals surface area contributed by atoms with E-state index < -0.39 is 10.0 Å². The summed E-state index contributed by atoms with van der Waals surface area (Å²) in [6, 6.07) is 11.8. The van der Waals surface area contributed by atoms with Gasteiger partial charge in [0, 0.05) is 43.3 Å². The molecule has 0 aliphatic carbocycles. The van der Waals surface area contributed by atoms with Crippen LogP contribution in [0.5, 0.6) is 0 Å². The van der Waals surface area contributed by atoms with Crippen LogP contribution >= 0.6 is 0 Å². The summed E-state index contributed by atoms with van der Waals surface area (Å²) in [4.78, 5) is 19.2. The number of sulfonamides is 1. The van der Waals surface area contributed by atoms with Gasteiger partial charge in [-0.1, -0.05) is 12.5 Å². The van der Waals surface area contributed by atoms with Crippen molar-refractivity contribution >= 4 is 27.5 Å². The first-order valence-electron chi connectivity index (χ1n) is 11.3. The number of likely N-dealkylation sites (tertiary alicyclic amines) is 1. The lowest BCUT2D eigenvalue weighted by Crippen LogP contribution is -2.26. The van der Waals surface area contributed by atoms with Crippen molar-refractivity contribution in [1.82, 2.24) is 14.5 Å². The van der Waals surface area contributed by atoms with Gasteiger partial charge in [-0.15, -0.1) is 4.40 Å². The Morgan fingerprint density at radius 1 is 1.09 bits per heavy atom. The van der Waals surface area contributed by atoms with Gasteiger partial charge in [0.15, 0.2) is 0 Å². The molecule has 1 saturated heterocycles. The van der Waals surface area contributed by atoms with Crippen molar-refractivity contribution in [2.75, 3.05) is 18.9 Å². The zero-order chi connectivity index (χ0) is 24.3. The zero-order valence-corrected chi connectivity index (χ0v) is 20.5. The van der Waals surface area contributed by atoms with Gasteiger partial charge in [0.05, 0.1) is 22.3 Å². The van der Waals surface area contributed by atoms with Crippen molar-refractivity contribution in [3.8, 4) is 5.69 Å². The van der Waals surface area contributed by atoms with Gasteiger partial charge in [-0.3, -0.25) is 9.78 Å². The molecule has 0 spiro atoms. The number of carbonyl (C=O) groups excluding carboxylic acids is 1. The van der Waals surface area contributed by atoms with Gasteiger partial charge in [-0.25, -0.2) is 0 Å². The van der Waals surface area contributed by atoms with Gasteiger partial charge in [0.2, 0.25) is 0 Å². The molecule has 0 bridgehead atoms. The lowest BCUT2D eigenvalue weighted by molar-refractivity contribution is 0.102. The topological polar surface area (TPSA) is 96.7 Å². The van der Waals surface area contributed by atoms with Crippen LogP contribution in [0.4, 0.5) is 5.69 Å². The van der Waals surface area contributed by atoms with Gasteiger partial charge in [0.1, 0.15) is 5.84 Å². The van der Waals surface area contributed by atoms with Crippen LogP contribution in [0.25, 0.3) is 5.69 Å². The number of hydrogen-bond acceptors (Lipinski definition) is 4. The number of hydrogen-bond donors (Lipinski definition) is 1. The highest BCUT2D eigenvalue weighted by Gasteiger charge is 2.20. The standard InChI is InChI=1S/C25H29N5O3S/c1-18-15-23(19(2)30(18)21-10-8-13-26-17-21)25(31)27-20-9-7-11-22(16-20)34(32,33)28-24-12-5-4-6-14-29(24)3/h7-11,13,15-17H,4-6,12,14H2,1-3H3,(H,27,31)/b28-24+. The Bertz CT molecular complexity index is 1330. The fraction of sp³-hybridized carbons (Fsp3) is 0.320. The average Bonchev–Trinajstić information content (AvgIpc) is 2.97. The Morgan fingerprint density at radius 3 is 2.68 bits per heavy atom. The number of amidine groups is 1. The quantitative estimate of drug-likeness (QED) is 0.587. The predicted octanol–water partition coefficient (Wildman–Crippen LogP) is 4.33. The molecule has 178 valence electrons. The Kier molecular flexibility index (Phi) is 6.83. The number of amides is 1. The molecule has 3 aromatic rings. The number of aromatic nitrogens is 2. The van der Waals surface area contributed by atoms with Crippen LogP contribution in [0.3, 0.4) is 0 Å². The summed E-state index contributed by atoms with van der Waals surface area (Å²) in [7, 11) is -2.02. The minimum Gasteiger partial charge on any atom is -0.362 e. The minimum atomic E-state index is -3.89. The highest BCUT2D eigenvalue weighted by Crippen LogP contribution is 2.23. The molecule has 3 heterocycles.